The van der Waals surface area contributed by atoms with Crippen molar-refractivity contribution in [1.29, 1.82) is 0 Å². The molecule has 0 aliphatic rings. The third kappa shape index (κ3) is 3.30. The van der Waals surface area contributed by atoms with Crippen LogP contribution in [-0.2, 0) is 0 Å². The van der Waals surface area contributed by atoms with Crippen molar-refractivity contribution in [1.82, 2.24) is 4.98 Å². The monoisotopic (exact) mass is 245 g/mol. The lowest BCUT2D eigenvalue weighted by molar-refractivity contribution is 0.626. The van der Waals surface area contributed by atoms with E-state index in [1.54, 1.807) is 18.5 Å². The second kappa shape index (κ2) is 8.25. The highest BCUT2D eigenvalue weighted by Crippen LogP contribution is 2.23. The number of nitrogens with zero attached hydrogens (tertiary/aromatic N) is 1. The number of aryl methyl sites for hydroxylation is 1. The van der Waals surface area contributed by atoms with Crippen molar-refractivity contribution in [2.75, 3.05) is 0 Å². The second-order valence-corrected chi connectivity index (χ2v) is 3.12. The number of benzene rings is 1. The van der Waals surface area contributed by atoms with Gasteiger partial charge in [-0.3, -0.25) is 4.98 Å². The fourth-order valence-corrected chi connectivity index (χ4v) is 1.56. The predicted molar refractivity (Wildman–Crippen MR) is 77.1 cm³/mol. The first-order valence-electron chi connectivity index (χ1n) is 6.23. The minimum absolute atomic E-state index is 0.322. The van der Waals surface area contributed by atoms with E-state index in [2.05, 4.69) is 10.9 Å². The van der Waals surface area contributed by atoms with Crippen LogP contribution in [0.25, 0.3) is 10.8 Å². The summed E-state index contributed by atoms with van der Waals surface area (Å²) in [6.07, 6.45) is 8.64. The Morgan fingerprint density at radius 1 is 1.11 bits per heavy atom. The molecule has 1 nitrogen and oxygen atoms in total. The summed E-state index contributed by atoms with van der Waals surface area (Å²) in [7, 11) is 0. The molecule has 0 amide bonds. The Morgan fingerprint density at radius 2 is 1.72 bits per heavy atom. The lowest BCUT2D eigenvalue weighted by Crippen LogP contribution is -1.90. The molecule has 1 heterocycles. The largest absolute Gasteiger partial charge is 0.264 e. The van der Waals surface area contributed by atoms with Crippen molar-refractivity contribution >= 4 is 10.8 Å². The predicted octanol–water partition coefficient (Wildman–Crippen LogP) is 4.72. The topological polar surface area (TPSA) is 12.9 Å². The summed E-state index contributed by atoms with van der Waals surface area (Å²) in [5.41, 5.74) is 1.22. The molecule has 2 rings (SSSR count). The number of halogens is 1. The quantitative estimate of drug-likeness (QED) is 0.612. The van der Waals surface area contributed by atoms with Gasteiger partial charge >= 0.3 is 0 Å². The summed E-state index contributed by atoms with van der Waals surface area (Å²) in [6, 6.07) is 3.06. The van der Waals surface area contributed by atoms with E-state index in [9.17, 15) is 4.39 Å². The van der Waals surface area contributed by atoms with Crippen molar-refractivity contribution in [2.45, 2.75) is 34.6 Å². The third-order valence-corrected chi connectivity index (χ3v) is 2.21. The number of terminal acetylenes is 1. The Morgan fingerprint density at radius 3 is 2.28 bits per heavy atom. The number of hydrogen-bond acceptors (Lipinski definition) is 1. The summed E-state index contributed by atoms with van der Waals surface area (Å²) in [5, 5.41) is 1.65. The maximum Gasteiger partial charge on any atom is 0.139 e. The maximum atomic E-state index is 13.3. The standard InChI is InChI=1S/C12H8FN.2C2H6/c1-3-10-11(13)5-4-9-7-14-6-8(2)12(9)10;2*1-2/h1,4-7H,2H3;2*1-2H3. The highest BCUT2D eigenvalue weighted by Gasteiger charge is 2.07. The van der Waals surface area contributed by atoms with Crippen LogP contribution < -0.4 is 0 Å². The van der Waals surface area contributed by atoms with Gasteiger partial charge in [-0.2, -0.15) is 0 Å². The second-order valence-electron chi connectivity index (χ2n) is 3.12. The van der Waals surface area contributed by atoms with E-state index in [4.69, 9.17) is 6.42 Å². The lowest BCUT2D eigenvalue weighted by Gasteiger charge is -2.04. The molecule has 0 saturated heterocycles. The highest BCUT2D eigenvalue weighted by molar-refractivity contribution is 5.90. The van der Waals surface area contributed by atoms with Gasteiger partial charge in [0.25, 0.3) is 0 Å². The zero-order valence-electron chi connectivity index (χ0n) is 11.7. The van der Waals surface area contributed by atoms with Crippen LogP contribution in [0, 0.1) is 25.1 Å². The summed E-state index contributed by atoms with van der Waals surface area (Å²) in [6.45, 7) is 9.87. The van der Waals surface area contributed by atoms with Gasteiger partial charge in [0, 0.05) is 23.2 Å². The first kappa shape index (κ1) is 16.1. The van der Waals surface area contributed by atoms with Gasteiger partial charge in [-0.15, -0.1) is 6.42 Å². The van der Waals surface area contributed by atoms with Gasteiger partial charge in [0.05, 0.1) is 5.56 Å². The molecule has 0 saturated carbocycles. The molecule has 0 radical (unpaired) electrons. The summed E-state index contributed by atoms with van der Waals surface area (Å²) < 4.78 is 13.3. The van der Waals surface area contributed by atoms with Gasteiger partial charge in [0.1, 0.15) is 5.82 Å². The minimum Gasteiger partial charge on any atom is -0.264 e. The summed E-state index contributed by atoms with van der Waals surface area (Å²) in [4.78, 5) is 4.03. The minimum atomic E-state index is -0.352. The molecule has 96 valence electrons. The molecular formula is C16H20FN. The van der Waals surface area contributed by atoms with Gasteiger partial charge in [0.15, 0.2) is 0 Å². The number of pyridine rings is 1. The molecule has 18 heavy (non-hydrogen) atoms. The fourth-order valence-electron chi connectivity index (χ4n) is 1.56. The van der Waals surface area contributed by atoms with Crippen molar-refractivity contribution in [3.63, 3.8) is 0 Å². The van der Waals surface area contributed by atoms with Crippen LogP contribution in [0.1, 0.15) is 38.8 Å². The van der Waals surface area contributed by atoms with Crippen LogP contribution in [0.3, 0.4) is 0 Å². The molecule has 0 atom stereocenters. The molecule has 1 aromatic heterocycles. The Hall–Kier alpha value is -1.88. The van der Waals surface area contributed by atoms with Gasteiger partial charge in [0.2, 0.25) is 0 Å². The van der Waals surface area contributed by atoms with Crippen molar-refractivity contribution in [3.05, 3.63) is 41.5 Å². The van der Waals surface area contributed by atoms with Gasteiger partial charge in [-0.05, 0) is 24.6 Å². The number of hydrogen-bond donors (Lipinski definition) is 0. The Labute approximate surface area is 109 Å². The van der Waals surface area contributed by atoms with Crippen LogP contribution in [0.15, 0.2) is 24.5 Å². The van der Waals surface area contributed by atoms with Crippen molar-refractivity contribution in [2.24, 2.45) is 0 Å². The van der Waals surface area contributed by atoms with Gasteiger partial charge < -0.3 is 0 Å². The van der Waals surface area contributed by atoms with Crippen LogP contribution in [-0.4, -0.2) is 4.98 Å². The molecule has 0 aliphatic heterocycles. The zero-order chi connectivity index (χ0) is 14.1. The molecule has 2 heteroatoms. The molecule has 0 spiro atoms. The smallest absolute Gasteiger partial charge is 0.139 e. The lowest BCUT2D eigenvalue weighted by atomic mass is 10.0. The molecular weight excluding hydrogens is 225 g/mol. The van der Waals surface area contributed by atoms with Gasteiger partial charge in [-0.1, -0.05) is 33.6 Å². The van der Waals surface area contributed by atoms with Crippen LogP contribution >= 0.6 is 0 Å². The molecule has 0 bridgehead atoms. The van der Waals surface area contributed by atoms with E-state index in [0.29, 0.717) is 5.56 Å². The SMILES string of the molecule is C#Cc1c(F)ccc2cncc(C)c12.CC.CC. The van der Waals surface area contributed by atoms with Gasteiger partial charge in [-0.25, -0.2) is 4.39 Å². The molecule has 2 aromatic rings. The first-order valence-corrected chi connectivity index (χ1v) is 6.23. The molecule has 1 aromatic carbocycles. The Bertz CT molecular complexity index is 539. The molecule has 0 fully saturated rings. The van der Waals surface area contributed by atoms with Crippen LogP contribution in [0.2, 0.25) is 0 Å². The average Bonchev–Trinajstić information content (AvgIpc) is 2.44. The normalized spacial score (nSPS) is 8.50. The fraction of sp³-hybridized carbons (Fsp3) is 0.312. The Kier molecular flexibility index (Phi) is 7.38. The van der Waals surface area contributed by atoms with E-state index in [1.807, 2.05) is 34.6 Å². The summed E-state index contributed by atoms with van der Waals surface area (Å²) in [5.74, 6) is 2.02. The van der Waals surface area contributed by atoms with E-state index in [1.165, 1.54) is 6.07 Å². The third-order valence-electron chi connectivity index (χ3n) is 2.21. The van der Waals surface area contributed by atoms with Crippen LogP contribution in [0.4, 0.5) is 4.39 Å². The van der Waals surface area contributed by atoms with Crippen LogP contribution in [0.5, 0.6) is 0 Å². The van der Waals surface area contributed by atoms with Crippen molar-refractivity contribution < 1.29 is 4.39 Å². The zero-order valence-corrected chi connectivity index (χ0v) is 11.7. The molecule has 0 N–H and O–H groups in total. The average molecular weight is 245 g/mol. The number of rotatable bonds is 0. The molecule has 0 unspecified atom stereocenters. The molecule has 0 aliphatic carbocycles. The van der Waals surface area contributed by atoms with Crippen molar-refractivity contribution in [3.8, 4) is 12.3 Å². The first-order chi connectivity index (χ1) is 8.74. The number of fused-ring (bicyclic) bond motifs is 1. The van der Waals surface area contributed by atoms with E-state index in [-0.39, 0.29) is 5.82 Å². The number of aromatic nitrogens is 1. The Balaban J connectivity index is 0.000000659. The summed E-state index contributed by atoms with van der Waals surface area (Å²) >= 11 is 0. The highest BCUT2D eigenvalue weighted by atomic mass is 19.1. The van der Waals surface area contributed by atoms with E-state index < -0.39 is 0 Å². The van der Waals surface area contributed by atoms with E-state index in [0.717, 1.165) is 16.3 Å². The maximum absolute atomic E-state index is 13.3. The van der Waals surface area contributed by atoms with E-state index >= 15 is 0 Å².